The van der Waals surface area contributed by atoms with Gasteiger partial charge in [0.2, 0.25) is 5.91 Å². The third-order valence-corrected chi connectivity index (χ3v) is 3.39. The Morgan fingerprint density at radius 2 is 2.29 bits per heavy atom. The van der Waals surface area contributed by atoms with Gasteiger partial charge in [-0.25, -0.2) is 4.98 Å². The van der Waals surface area contributed by atoms with Crippen molar-refractivity contribution in [2.24, 2.45) is 11.7 Å². The topological polar surface area (TPSA) is 71.2 Å². The molecule has 2 heterocycles. The Morgan fingerprint density at radius 1 is 1.52 bits per heavy atom. The van der Waals surface area contributed by atoms with Crippen LogP contribution in [0.2, 0.25) is 0 Å². The van der Waals surface area contributed by atoms with E-state index in [1.54, 1.807) is 0 Å². The van der Waals surface area contributed by atoms with Crippen LogP contribution in [0, 0.1) is 5.92 Å². The van der Waals surface area contributed by atoms with Crippen LogP contribution in [0.25, 0.3) is 0 Å². The maximum absolute atomic E-state index is 12.3. The van der Waals surface area contributed by atoms with Crippen molar-refractivity contribution < 1.29 is 18.0 Å². The summed E-state index contributed by atoms with van der Waals surface area (Å²) in [6.45, 7) is 0.505. The second-order valence-corrected chi connectivity index (χ2v) is 5.18. The predicted molar refractivity (Wildman–Crippen MR) is 71.8 cm³/mol. The minimum Gasteiger partial charge on any atom is -0.370 e. The van der Waals surface area contributed by atoms with Crippen molar-refractivity contribution in [3.05, 3.63) is 23.9 Å². The highest BCUT2D eigenvalue weighted by Crippen LogP contribution is 2.23. The lowest BCUT2D eigenvalue weighted by molar-refractivity contribution is -0.143. The molecular formula is C13H17F3N4O. The van der Waals surface area contributed by atoms with E-state index in [1.807, 2.05) is 0 Å². The first kappa shape index (κ1) is 15.6. The van der Waals surface area contributed by atoms with Crippen LogP contribution in [0.15, 0.2) is 18.3 Å². The number of carbonyl (C=O) groups excluding carboxylic acids is 1. The van der Waals surface area contributed by atoms with Crippen molar-refractivity contribution in [1.29, 1.82) is 0 Å². The number of aromatic nitrogens is 1. The molecule has 0 saturated carbocycles. The van der Waals surface area contributed by atoms with Crippen molar-refractivity contribution >= 4 is 11.7 Å². The fourth-order valence-electron chi connectivity index (χ4n) is 2.41. The number of nitrogens with zero attached hydrogens (tertiary/aromatic N) is 2. The zero-order chi connectivity index (χ0) is 15.5. The highest BCUT2D eigenvalue weighted by molar-refractivity contribution is 5.93. The molecule has 2 rings (SSSR count). The molecule has 0 aliphatic carbocycles. The van der Waals surface area contributed by atoms with Crippen LogP contribution in [0.5, 0.6) is 0 Å². The Hall–Kier alpha value is -1.83. The summed E-state index contributed by atoms with van der Waals surface area (Å²) in [7, 11) is 0. The first-order valence-electron chi connectivity index (χ1n) is 6.62. The maximum atomic E-state index is 12.3. The van der Waals surface area contributed by atoms with E-state index < -0.39 is 18.6 Å². The third-order valence-electron chi connectivity index (χ3n) is 3.39. The monoisotopic (exact) mass is 302 g/mol. The molecule has 0 bridgehead atoms. The number of likely N-dealkylation sites (tertiary alicyclic amines) is 1. The number of halogens is 3. The predicted octanol–water partition coefficient (Wildman–Crippen LogP) is 1.48. The van der Waals surface area contributed by atoms with Gasteiger partial charge >= 0.3 is 6.18 Å². The van der Waals surface area contributed by atoms with E-state index in [-0.39, 0.29) is 5.92 Å². The number of rotatable bonds is 5. The van der Waals surface area contributed by atoms with Gasteiger partial charge in [0.05, 0.1) is 6.54 Å². The summed E-state index contributed by atoms with van der Waals surface area (Å²) in [5, 5.41) is 3.04. The second-order valence-electron chi connectivity index (χ2n) is 5.18. The lowest BCUT2D eigenvalue weighted by Crippen LogP contribution is -2.33. The van der Waals surface area contributed by atoms with Crippen LogP contribution < -0.4 is 11.1 Å². The van der Waals surface area contributed by atoms with E-state index in [0.29, 0.717) is 37.4 Å². The molecule has 0 unspecified atom stereocenters. The Morgan fingerprint density at radius 3 is 2.95 bits per heavy atom. The molecule has 0 spiro atoms. The van der Waals surface area contributed by atoms with E-state index in [2.05, 4.69) is 10.3 Å². The normalized spacial score (nSPS) is 19.7. The van der Waals surface area contributed by atoms with Gasteiger partial charge in [-0.2, -0.15) is 13.2 Å². The number of pyridine rings is 1. The molecule has 116 valence electrons. The Bertz CT molecular complexity index is 506. The molecule has 1 fully saturated rings. The lowest BCUT2D eigenvalue weighted by Gasteiger charge is -2.18. The summed E-state index contributed by atoms with van der Waals surface area (Å²) in [6, 6.07) is 3.04. The summed E-state index contributed by atoms with van der Waals surface area (Å²) in [5.41, 5.74) is 5.52. The lowest BCUT2D eigenvalue weighted by atomic mass is 10.1. The minimum absolute atomic E-state index is 0.131. The average Bonchev–Trinajstić information content (AvgIpc) is 2.82. The van der Waals surface area contributed by atoms with E-state index in [9.17, 15) is 18.0 Å². The summed E-state index contributed by atoms with van der Waals surface area (Å²) in [4.78, 5) is 16.5. The zero-order valence-electron chi connectivity index (χ0n) is 11.4. The first-order valence-corrected chi connectivity index (χ1v) is 6.62. The van der Waals surface area contributed by atoms with Crippen molar-refractivity contribution in [2.75, 3.05) is 31.5 Å². The summed E-state index contributed by atoms with van der Waals surface area (Å²) >= 11 is 0. The van der Waals surface area contributed by atoms with Gasteiger partial charge in [-0.3, -0.25) is 9.69 Å². The number of hydrogen-bond donors (Lipinski definition) is 2. The molecule has 5 nitrogen and oxygen atoms in total. The number of nitrogens with two attached hydrogens (primary N) is 1. The summed E-state index contributed by atoms with van der Waals surface area (Å²) in [5.74, 6) is 0.0876. The van der Waals surface area contributed by atoms with Gasteiger partial charge in [-0.05, 0) is 31.0 Å². The van der Waals surface area contributed by atoms with Gasteiger partial charge in [-0.1, -0.05) is 0 Å². The van der Waals surface area contributed by atoms with Crippen LogP contribution in [0.1, 0.15) is 16.8 Å². The van der Waals surface area contributed by atoms with E-state index >= 15 is 0 Å². The zero-order valence-corrected chi connectivity index (χ0v) is 11.4. The molecule has 1 aliphatic rings. The van der Waals surface area contributed by atoms with E-state index in [0.717, 1.165) is 0 Å². The number of primary amides is 1. The molecule has 1 amide bonds. The second kappa shape index (κ2) is 6.30. The van der Waals surface area contributed by atoms with Crippen LogP contribution in [0.4, 0.5) is 19.0 Å². The molecule has 1 aromatic heterocycles. The Labute approximate surface area is 120 Å². The number of carbonyl (C=O) groups is 1. The van der Waals surface area contributed by atoms with Gasteiger partial charge < -0.3 is 11.1 Å². The quantitative estimate of drug-likeness (QED) is 0.864. The molecule has 3 N–H and O–H groups in total. The third kappa shape index (κ3) is 4.89. The largest absolute Gasteiger partial charge is 0.401 e. The fourth-order valence-corrected chi connectivity index (χ4v) is 2.41. The fraction of sp³-hybridized carbons (Fsp3) is 0.538. The molecule has 1 atom stereocenters. The molecule has 21 heavy (non-hydrogen) atoms. The Kier molecular flexibility index (Phi) is 4.66. The Balaban J connectivity index is 1.82. The van der Waals surface area contributed by atoms with Gasteiger partial charge in [0.1, 0.15) is 5.82 Å². The molecule has 0 aromatic carbocycles. The highest BCUT2D eigenvalue weighted by Gasteiger charge is 2.34. The van der Waals surface area contributed by atoms with Crippen LogP contribution in [-0.4, -0.2) is 48.1 Å². The molecule has 1 aliphatic heterocycles. The van der Waals surface area contributed by atoms with Crippen molar-refractivity contribution in [2.45, 2.75) is 12.6 Å². The highest BCUT2D eigenvalue weighted by atomic mass is 19.4. The number of hydrogen-bond acceptors (Lipinski definition) is 4. The number of alkyl halides is 3. The van der Waals surface area contributed by atoms with Crippen LogP contribution in [0.3, 0.4) is 0 Å². The van der Waals surface area contributed by atoms with E-state index in [4.69, 9.17) is 5.73 Å². The van der Waals surface area contributed by atoms with Gasteiger partial charge in [0.25, 0.3) is 0 Å². The molecule has 8 heteroatoms. The molecule has 1 saturated heterocycles. The van der Waals surface area contributed by atoms with Gasteiger partial charge in [0.15, 0.2) is 0 Å². The average molecular weight is 302 g/mol. The van der Waals surface area contributed by atoms with Gasteiger partial charge in [-0.15, -0.1) is 0 Å². The molecule has 1 aromatic rings. The van der Waals surface area contributed by atoms with Crippen molar-refractivity contribution in [3.8, 4) is 0 Å². The SMILES string of the molecule is NC(=O)c1ccnc(NC[C@@H]2CCN(CC(F)(F)F)C2)c1. The van der Waals surface area contributed by atoms with Crippen LogP contribution in [-0.2, 0) is 0 Å². The number of nitrogens with one attached hydrogen (secondary N) is 1. The van der Waals surface area contributed by atoms with Crippen molar-refractivity contribution in [3.63, 3.8) is 0 Å². The van der Waals surface area contributed by atoms with Crippen molar-refractivity contribution in [1.82, 2.24) is 9.88 Å². The minimum atomic E-state index is -4.15. The van der Waals surface area contributed by atoms with Crippen LogP contribution >= 0.6 is 0 Å². The smallest absolute Gasteiger partial charge is 0.370 e. The summed E-state index contributed by atoms with van der Waals surface area (Å²) < 4.78 is 36.9. The van der Waals surface area contributed by atoms with Gasteiger partial charge in [0, 0.05) is 24.8 Å². The van der Waals surface area contributed by atoms with E-state index in [1.165, 1.54) is 23.2 Å². The standard InChI is InChI=1S/C13H17F3N4O/c14-13(15,16)8-20-4-2-9(7-20)6-19-11-5-10(12(17)21)1-3-18-11/h1,3,5,9H,2,4,6-8H2,(H2,17,21)(H,18,19)/t9-/m0/s1. The number of anilines is 1. The summed E-state index contributed by atoms with van der Waals surface area (Å²) in [6.07, 6.45) is -1.98. The molecule has 0 radical (unpaired) electrons. The maximum Gasteiger partial charge on any atom is 0.401 e. The first-order chi connectivity index (χ1) is 9.83. The number of amides is 1. The molecular weight excluding hydrogens is 285 g/mol.